The number of hydrogen-bond donors (Lipinski definition) is 1. The van der Waals surface area contributed by atoms with Crippen LogP contribution in [0, 0.1) is 0 Å². The van der Waals surface area contributed by atoms with Gasteiger partial charge in [0.15, 0.2) is 0 Å². The van der Waals surface area contributed by atoms with Crippen molar-refractivity contribution in [2.24, 2.45) is 0 Å². The normalized spacial score (nSPS) is 15.0. The van der Waals surface area contributed by atoms with Crippen LogP contribution in [0.2, 0.25) is 10.0 Å². The van der Waals surface area contributed by atoms with Gasteiger partial charge in [-0.2, -0.15) is 5.10 Å². The Labute approximate surface area is 116 Å². The minimum Gasteiger partial charge on any atom is -0.308 e. The summed E-state index contributed by atoms with van der Waals surface area (Å²) in [5.74, 6) is 0. The molecule has 0 aliphatic heterocycles. The molecule has 1 fully saturated rings. The fourth-order valence-corrected chi connectivity index (χ4v) is 2.32. The maximum absolute atomic E-state index is 5.98. The number of hydrogen-bond acceptors (Lipinski definition) is 2. The van der Waals surface area contributed by atoms with E-state index < -0.39 is 0 Å². The summed E-state index contributed by atoms with van der Waals surface area (Å²) in [5, 5.41) is 9.16. The number of nitrogens with one attached hydrogen (secondary N) is 1. The van der Waals surface area contributed by atoms with Crippen LogP contribution in [0.5, 0.6) is 0 Å². The fourth-order valence-electron chi connectivity index (χ4n) is 1.81. The van der Waals surface area contributed by atoms with E-state index in [0.29, 0.717) is 16.1 Å². The molecule has 0 amide bonds. The first-order valence-electron chi connectivity index (χ1n) is 5.95. The van der Waals surface area contributed by atoms with Crippen molar-refractivity contribution in [1.82, 2.24) is 15.1 Å². The fraction of sp³-hybridized carbons (Fsp3) is 0.308. The van der Waals surface area contributed by atoms with Crippen LogP contribution >= 0.6 is 23.2 Å². The molecule has 18 heavy (non-hydrogen) atoms. The molecule has 1 aromatic heterocycles. The zero-order valence-electron chi connectivity index (χ0n) is 9.74. The van der Waals surface area contributed by atoms with E-state index in [1.165, 1.54) is 12.8 Å². The van der Waals surface area contributed by atoms with E-state index in [4.69, 9.17) is 23.2 Å². The van der Waals surface area contributed by atoms with Crippen molar-refractivity contribution < 1.29 is 0 Å². The lowest BCUT2D eigenvalue weighted by atomic mass is 10.3. The molecule has 1 aromatic carbocycles. The van der Waals surface area contributed by atoms with Crippen LogP contribution < -0.4 is 5.32 Å². The average molecular weight is 282 g/mol. The highest BCUT2D eigenvalue weighted by atomic mass is 35.5. The summed E-state index contributed by atoms with van der Waals surface area (Å²) in [6, 6.07) is 8.10. The Morgan fingerprint density at radius 1 is 1.22 bits per heavy atom. The molecule has 2 aromatic rings. The van der Waals surface area contributed by atoms with Gasteiger partial charge in [-0.15, -0.1) is 0 Å². The van der Waals surface area contributed by atoms with Gasteiger partial charge >= 0.3 is 0 Å². The van der Waals surface area contributed by atoms with Crippen molar-refractivity contribution in [3.63, 3.8) is 0 Å². The number of halogens is 2. The van der Waals surface area contributed by atoms with Gasteiger partial charge in [0.25, 0.3) is 0 Å². The summed E-state index contributed by atoms with van der Waals surface area (Å²) >= 11 is 12.0. The van der Waals surface area contributed by atoms with Crippen LogP contribution in [0.3, 0.4) is 0 Å². The van der Waals surface area contributed by atoms with Gasteiger partial charge in [-0.3, -0.25) is 0 Å². The molecule has 1 N–H and O–H groups in total. The minimum absolute atomic E-state index is 0.616. The molecule has 1 aliphatic carbocycles. The maximum Gasteiger partial charge on any atom is 0.0766 e. The van der Waals surface area contributed by atoms with Crippen molar-refractivity contribution >= 4 is 23.2 Å². The van der Waals surface area contributed by atoms with Gasteiger partial charge in [-0.1, -0.05) is 23.2 Å². The summed E-state index contributed by atoms with van der Waals surface area (Å²) in [4.78, 5) is 0. The molecule has 1 aliphatic rings. The molecule has 3 rings (SSSR count). The second-order valence-corrected chi connectivity index (χ2v) is 5.41. The molecule has 0 atom stereocenters. The molecule has 0 bridgehead atoms. The SMILES string of the molecule is Clc1cc(Cl)cc(-n2ccc(CNC3CC3)n2)c1. The second-order valence-electron chi connectivity index (χ2n) is 4.53. The molecule has 0 unspecified atom stereocenters. The Kier molecular flexibility index (Phi) is 3.29. The van der Waals surface area contributed by atoms with E-state index in [1.807, 2.05) is 24.4 Å². The number of benzene rings is 1. The highest BCUT2D eigenvalue weighted by Crippen LogP contribution is 2.22. The summed E-state index contributed by atoms with van der Waals surface area (Å²) in [7, 11) is 0. The largest absolute Gasteiger partial charge is 0.308 e. The Morgan fingerprint density at radius 3 is 2.61 bits per heavy atom. The molecule has 1 saturated carbocycles. The summed E-state index contributed by atoms with van der Waals surface area (Å²) in [5.41, 5.74) is 1.91. The zero-order chi connectivity index (χ0) is 12.5. The summed E-state index contributed by atoms with van der Waals surface area (Å²) < 4.78 is 1.79. The third kappa shape index (κ3) is 2.86. The smallest absolute Gasteiger partial charge is 0.0766 e. The predicted octanol–water partition coefficient (Wildman–Crippen LogP) is 3.43. The molecule has 3 nitrogen and oxygen atoms in total. The lowest BCUT2D eigenvalue weighted by molar-refractivity contribution is 0.665. The van der Waals surface area contributed by atoms with E-state index in [-0.39, 0.29) is 0 Å². The Bertz CT molecular complexity index is 541. The van der Waals surface area contributed by atoms with Gasteiger partial charge in [0.05, 0.1) is 11.4 Å². The zero-order valence-corrected chi connectivity index (χ0v) is 11.2. The van der Waals surface area contributed by atoms with Crippen LogP contribution in [0.1, 0.15) is 18.5 Å². The van der Waals surface area contributed by atoms with Gasteiger partial charge in [0, 0.05) is 28.8 Å². The molecule has 1 heterocycles. The standard InChI is InChI=1S/C13H13Cl2N3/c14-9-5-10(15)7-13(6-9)18-4-3-12(17-18)8-16-11-1-2-11/h3-7,11,16H,1-2,8H2. The van der Waals surface area contributed by atoms with Crippen molar-refractivity contribution in [1.29, 1.82) is 0 Å². The van der Waals surface area contributed by atoms with Gasteiger partial charge < -0.3 is 5.32 Å². The highest BCUT2D eigenvalue weighted by Gasteiger charge is 2.20. The van der Waals surface area contributed by atoms with Crippen molar-refractivity contribution in [2.45, 2.75) is 25.4 Å². The van der Waals surface area contributed by atoms with Crippen LogP contribution in [0.4, 0.5) is 0 Å². The first-order valence-corrected chi connectivity index (χ1v) is 6.71. The van der Waals surface area contributed by atoms with Crippen molar-refractivity contribution in [3.8, 4) is 5.69 Å². The second kappa shape index (κ2) is 4.92. The molecular formula is C13H13Cl2N3. The third-order valence-electron chi connectivity index (χ3n) is 2.91. The topological polar surface area (TPSA) is 29.9 Å². The molecule has 0 spiro atoms. The summed E-state index contributed by atoms with van der Waals surface area (Å²) in [6.07, 6.45) is 4.49. The molecule has 94 valence electrons. The lowest BCUT2D eigenvalue weighted by Crippen LogP contribution is -2.15. The van der Waals surface area contributed by atoms with Gasteiger partial charge in [-0.25, -0.2) is 4.68 Å². The van der Waals surface area contributed by atoms with E-state index in [9.17, 15) is 0 Å². The van der Waals surface area contributed by atoms with Crippen LogP contribution in [-0.4, -0.2) is 15.8 Å². The van der Waals surface area contributed by atoms with E-state index >= 15 is 0 Å². The lowest BCUT2D eigenvalue weighted by Gasteiger charge is -2.03. The van der Waals surface area contributed by atoms with Crippen LogP contribution in [0.15, 0.2) is 30.5 Å². The monoisotopic (exact) mass is 281 g/mol. The first kappa shape index (κ1) is 12.0. The Morgan fingerprint density at radius 2 is 1.94 bits per heavy atom. The van der Waals surface area contributed by atoms with Crippen LogP contribution in [-0.2, 0) is 6.54 Å². The van der Waals surface area contributed by atoms with E-state index in [0.717, 1.165) is 17.9 Å². The first-order chi connectivity index (χ1) is 8.70. The van der Waals surface area contributed by atoms with Crippen molar-refractivity contribution in [2.75, 3.05) is 0 Å². The maximum atomic E-state index is 5.98. The number of rotatable bonds is 4. The Balaban J connectivity index is 1.78. The van der Waals surface area contributed by atoms with Crippen LogP contribution in [0.25, 0.3) is 5.69 Å². The average Bonchev–Trinajstić information content (AvgIpc) is 3.02. The molecule has 0 saturated heterocycles. The minimum atomic E-state index is 0.616. The van der Waals surface area contributed by atoms with E-state index in [2.05, 4.69) is 10.4 Å². The van der Waals surface area contributed by atoms with Gasteiger partial charge in [-0.05, 0) is 37.1 Å². The predicted molar refractivity (Wildman–Crippen MR) is 73.4 cm³/mol. The number of nitrogens with zero attached hydrogens (tertiary/aromatic N) is 2. The van der Waals surface area contributed by atoms with Gasteiger partial charge in [0.1, 0.15) is 0 Å². The molecular weight excluding hydrogens is 269 g/mol. The number of aromatic nitrogens is 2. The third-order valence-corrected chi connectivity index (χ3v) is 3.34. The van der Waals surface area contributed by atoms with Crippen molar-refractivity contribution in [3.05, 3.63) is 46.2 Å². The van der Waals surface area contributed by atoms with E-state index in [1.54, 1.807) is 10.7 Å². The highest BCUT2D eigenvalue weighted by molar-refractivity contribution is 6.34. The quantitative estimate of drug-likeness (QED) is 0.931. The Hall–Kier alpha value is -1.03. The molecule has 0 radical (unpaired) electrons. The summed E-state index contributed by atoms with van der Waals surface area (Å²) in [6.45, 7) is 0.811. The van der Waals surface area contributed by atoms with Gasteiger partial charge in [0.2, 0.25) is 0 Å². The molecule has 5 heteroatoms.